The van der Waals surface area contributed by atoms with Crippen molar-refractivity contribution in [1.82, 2.24) is 30.1 Å². The van der Waals surface area contributed by atoms with Gasteiger partial charge in [-0.2, -0.15) is 0 Å². The average Bonchev–Trinajstić information content (AvgIpc) is 3.59. The van der Waals surface area contributed by atoms with Gasteiger partial charge in [0, 0.05) is 35.0 Å². The summed E-state index contributed by atoms with van der Waals surface area (Å²) >= 11 is 1.65. The third-order valence-corrected chi connectivity index (χ3v) is 7.20. The van der Waals surface area contributed by atoms with Gasteiger partial charge in [0.25, 0.3) is 5.56 Å². The number of esters is 1. The van der Waals surface area contributed by atoms with Crippen LogP contribution in [0.15, 0.2) is 40.5 Å². The Morgan fingerprint density at radius 1 is 1.21 bits per heavy atom. The normalized spacial score (nSPS) is 13.7. The summed E-state index contributed by atoms with van der Waals surface area (Å²) in [4.78, 5) is 31.8. The standard InChI is InChI=1S/C26H30N6O5S/c1-3-6-21(25-28-29-30-32(25)16-24(33)35-4-2)31(15-19-7-5-10-38-19)14-18-11-17-12-22-23(37-9-8-36-22)13-20(17)27-26(18)34/h5,7,10-13,21H,3-4,6,8-9,14-16H2,1-2H3,(H,27,34). The van der Waals surface area contributed by atoms with E-state index < -0.39 is 5.97 Å². The van der Waals surface area contributed by atoms with E-state index in [-0.39, 0.29) is 24.8 Å². The molecule has 200 valence electrons. The van der Waals surface area contributed by atoms with Crippen LogP contribution in [0.3, 0.4) is 0 Å². The van der Waals surface area contributed by atoms with E-state index in [1.165, 1.54) is 4.68 Å². The number of aromatic nitrogens is 5. The van der Waals surface area contributed by atoms with Crippen LogP contribution < -0.4 is 15.0 Å². The zero-order valence-electron chi connectivity index (χ0n) is 21.4. The number of carbonyl (C=O) groups excluding carboxylic acids is 1. The maximum Gasteiger partial charge on any atom is 0.327 e. The number of nitrogens with one attached hydrogen (secondary N) is 1. The molecule has 38 heavy (non-hydrogen) atoms. The first kappa shape index (κ1) is 25.9. The molecule has 0 bridgehead atoms. The van der Waals surface area contributed by atoms with Gasteiger partial charge < -0.3 is 19.2 Å². The predicted molar refractivity (Wildman–Crippen MR) is 141 cm³/mol. The number of tetrazole rings is 1. The molecule has 1 aromatic carbocycles. The number of thiophene rings is 1. The molecule has 12 heteroatoms. The lowest BCUT2D eigenvalue weighted by Gasteiger charge is -2.30. The van der Waals surface area contributed by atoms with Crippen LogP contribution in [0.4, 0.5) is 0 Å². The van der Waals surface area contributed by atoms with Gasteiger partial charge >= 0.3 is 5.97 Å². The second-order valence-corrected chi connectivity index (χ2v) is 10.0. The zero-order chi connectivity index (χ0) is 26.5. The Morgan fingerprint density at radius 2 is 2.03 bits per heavy atom. The fourth-order valence-corrected chi connectivity index (χ4v) is 5.37. The van der Waals surface area contributed by atoms with Gasteiger partial charge in [0.15, 0.2) is 17.3 Å². The van der Waals surface area contributed by atoms with Gasteiger partial charge in [-0.3, -0.25) is 14.5 Å². The number of rotatable bonds is 11. The second-order valence-electron chi connectivity index (χ2n) is 9.00. The number of fused-ring (bicyclic) bond motifs is 2. The maximum atomic E-state index is 13.2. The monoisotopic (exact) mass is 538 g/mol. The fourth-order valence-electron chi connectivity index (χ4n) is 4.64. The van der Waals surface area contributed by atoms with Crippen LogP contribution in [0.25, 0.3) is 10.9 Å². The lowest BCUT2D eigenvalue weighted by molar-refractivity contribution is -0.144. The van der Waals surface area contributed by atoms with Crippen molar-refractivity contribution in [3.63, 3.8) is 0 Å². The maximum absolute atomic E-state index is 13.2. The van der Waals surface area contributed by atoms with Crippen molar-refractivity contribution in [3.05, 3.63) is 62.3 Å². The lowest BCUT2D eigenvalue weighted by Crippen LogP contribution is -2.33. The number of benzene rings is 1. The smallest absolute Gasteiger partial charge is 0.327 e. The third kappa shape index (κ3) is 5.70. The van der Waals surface area contributed by atoms with E-state index in [9.17, 15) is 9.59 Å². The van der Waals surface area contributed by atoms with Gasteiger partial charge in [0.2, 0.25) is 0 Å². The van der Waals surface area contributed by atoms with E-state index in [0.29, 0.717) is 54.7 Å². The number of H-pyrrole nitrogens is 1. The van der Waals surface area contributed by atoms with Gasteiger partial charge in [0.05, 0.1) is 18.2 Å². The number of aromatic amines is 1. The highest BCUT2D eigenvalue weighted by Crippen LogP contribution is 2.34. The molecule has 0 radical (unpaired) electrons. The van der Waals surface area contributed by atoms with E-state index in [2.05, 4.69) is 38.4 Å². The molecule has 4 aromatic rings. The number of ether oxygens (including phenoxy) is 3. The van der Waals surface area contributed by atoms with Crippen molar-refractivity contribution in [2.24, 2.45) is 0 Å². The van der Waals surface area contributed by atoms with Gasteiger partial charge in [-0.1, -0.05) is 19.4 Å². The van der Waals surface area contributed by atoms with Crippen molar-refractivity contribution in [2.45, 2.75) is 52.4 Å². The van der Waals surface area contributed by atoms with E-state index >= 15 is 0 Å². The molecular weight excluding hydrogens is 508 g/mol. The number of hydrogen-bond acceptors (Lipinski definition) is 10. The largest absolute Gasteiger partial charge is 0.486 e. The lowest BCUT2D eigenvalue weighted by atomic mass is 10.1. The van der Waals surface area contributed by atoms with Crippen LogP contribution in [-0.2, 0) is 29.2 Å². The van der Waals surface area contributed by atoms with Crippen LogP contribution >= 0.6 is 11.3 Å². The summed E-state index contributed by atoms with van der Waals surface area (Å²) < 4.78 is 18.0. The fraction of sp³-hybridized carbons (Fsp3) is 0.423. The number of nitrogens with zero attached hydrogens (tertiary/aromatic N) is 5. The molecule has 11 nitrogen and oxygen atoms in total. The van der Waals surface area contributed by atoms with Gasteiger partial charge in [-0.15, -0.1) is 16.4 Å². The molecule has 1 atom stereocenters. The molecule has 1 N–H and O–H groups in total. The molecule has 1 unspecified atom stereocenters. The molecule has 0 saturated heterocycles. The summed E-state index contributed by atoms with van der Waals surface area (Å²) in [5.41, 5.74) is 1.12. The van der Waals surface area contributed by atoms with Crippen LogP contribution in [-0.4, -0.2) is 55.9 Å². The summed E-state index contributed by atoms with van der Waals surface area (Å²) in [5, 5.41) is 15.1. The molecule has 0 fully saturated rings. The van der Waals surface area contributed by atoms with Crippen molar-refractivity contribution < 1.29 is 19.0 Å². The first-order valence-electron chi connectivity index (χ1n) is 12.7. The Bertz CT molecular complexity index is 1450. The molecule has 5 rings (SSSR count). The number of hydrogen-bond donors (Lipinski definition) is 1. The van der Waals surface area contributed by atoms with Crippen LogP contribution in [0.5, 0.6) is 11.5 Å². The van der Waals surface area contributed by atoms with Gasteiger partial charge in [0.1, 0.15) is 19.8 Å². The van der Waals surface area contributed by atoms with Crippen LogP contribution in [0, 0.1) is 0 Å². The van der Waals surface area contributed by atoms with Crippen molar-refractivity contribution in [1.29, 1.82) is 0 Å². The summed E-state index contributed by atoms with van der Waals surface area (Å²) in [5.74, 6) is 1.46. The van der Waals surface area contributed by atoms with Crippen molar-refractivity contribution in [3.8, 4) is 11.5 Å². The summed E-state index contributed by atoms with van der Waals surface area (Å²) in [6, 6.07) is 9.45. The Kier molecular flexibility index (Phi) is 7.99. The molecule has 4 heterocycles. The Balaban J connectivity index is 1.51. The summed E-state index contributed by atoms with van der Waals surface area (Å²) in [6.07, 6.45) is 1.59. The SMILES string of the molecule is CCCC(c1nnnn1CC(=O)OCC)N(Cc1cccs1)Cc1cc2cc3c(cc2[nH]c1=O)OCCO3. The van der Waals surface area contributed by atoms with E-state index in [4.69, 9.17) is 14.2 Å². The highest BCUT2D eigenvalue weighted by Gasteiger charge is 2.28. The molecule has 1 aliphatic rings. The van der Waals surface area contributed by atoms with Gasteiger partial charge in [-0.25, -0.2) is 4.68 Å². The minimum absolute atomic E-state index is 0.0764. The van der Waals surface area contributed by atoms with Crippen molar-refractivity contribution in [2.75, 3.05) is 19.8 Å². The highest BCUT2D eigenvalue weighted by molar-refractivity contribution is 7.09. The predicted octanol–water partition coefficient (Wildman–Crippen LogP) is 3.45. The Labute approximate surface area is 223 Å². The molecule has 0 saturated carbocycles. The zero-order valence-corrected chi connectivity index (χ0v) is 22.2. The van der Waals surface area contributed by atoms with E-state index in [1.54, 1.807) is 18.3 Å². The minimum Gasteiger partial charge on any atom is -0.486 e. The molecule has 0 aliphatic carbocycles. The molecule has 0 spiro atoms. The third-order valence-electron chi connectivity index (χ3n) is 6.34. The summed E-state index contributed by atoms with van der Waals surface area (Å²) in [7, 11) is 0. The van der Waals surface area contributed by atoms with Gasteiger partial charge in [-0.05, 0) is 47.4 Å². The van der Waals surface area contributed by atoms with Crippen LogP contribution in [0.1, 0.15) is 49.0 Å². The first-order valence-corrected chi connectivity index (χ1v) is 13.6. The Hall–Kier alpha value is -3.77. The molecule has 3 aromatic heterocycles. The first-order chi connectivity index (χ1) is 18.6. The van der Waals surface area contributed by atoms with Crippen LogP contribution in [0.2, 0.25) is 0 Å². The topological polar surface area (TPSA) is 124 Å². The van der Waals surface area contributed by atoms with E-state index in [0.717, 1.165) is 23.1 Å². The summed E-state index contributed by atoms with van der Waals surface area (Å²) in [6.45, 7) is 5.97. The second kappa shape index (κ2) is 11.7. The number of carbonyl (C=O) groups is 1. The minimum atomic E-state index is -0.401. The van der Waals surface area contributed by atoms with E-state index in [1.807, 2.05) is 29.6 Å². The highest BCUT2D eigenvalue weighted by atomic mass is 32.1. The molecular formula is C26H30N6O5S. The quantitative estimate of drug-likeness (QED) is 0.286. The Morgan fingerprint density at radius 3 is 2.76 bits per heavy atom. The average molecular weight is 539 g/mol. The number of pyridine rings is 1. The molecule has 1 aliphatic heterocycles. The molecule has 0 amide bonds. The van der Waals surface area contributed by atoms with Crippen molar-refractivity contribution >= 4 is 28.2 Å².